The second kappa shape index (κ2) is 6.64. The van der Waals surface area contributed by atoms with E-state index in [0.717, 1.165) is 16.9 Å². The first kappa shape index (κ1) is 14.0. The summed E-state index contributed by atoms with van der Waals surface area (Å²) in [7, 11) is 0. The van der Waals surface area contributed by atoms with Crippen LogP contribution in [0.2, 0.25) is 0 Å². The molecule has 1 aromatic rings. The molecule has 0 aliphatic rings. The molecule has 0 aliphatic carbocycles. The molecule has 0 saturated heterocycles. The number of primary amides is 1. The van der Waals surface area contributed by atoms with Crippen LogP contribution in [0.5, 0.6) is 5.75 Å². The van der Waals surface area contributed by atoms with Crippen LogP contribution in [-0.2, 0) is 9.59 Å². The smallest absolute Gasteiger partial charge is 0.236 e. The van der Waals surface area contributed by atoms with E-state index in [1.54, 1.807) is 0 Å². The molecular weight excluding hydrogens is 232 g/mol. The Labute approximate surface area is 106 Å². The Morgan fingerprint density at radius 2 is 1.83 bits per heavy atom. The van der Waals surface area contributed by atoms with Crippen molar-refractivity contribution in [2.75, 3.05) is 13.2 Å². The third kappa shape index (κ3) is 5.34. The average Bonchev–Trinajstić information content (AvgIpc) is 2.25. The molecule has 0 radical (unpaired) electrons. The molecule has 5 heteroatoms. The zero-order valence-corrected chi connectivity index (χ0v) is 10.7. The highest BCUT2D eigenvalue weighted by atomic mass is 16.5. The second-order valence-corrected chi connectivity index (χ2v) is 4.16. The van der Waals surface area contributed by atoms with Gasteiger partial charge in [-0.25, -0.2) is 0 Å². The summed E-state index contributed by atoms with van der Waals surface area (Å²) in [4.78, 5) is 21.7. The molecule has 3 N–H and O–H groups in total. The Hall–Kier alpha value is -2.04. The number of rotatable bonds is 6. The van der Waals surface area contributed by atoms with E-state index in [4.69, 9.17) is 10.5 Å². The molecule has 0 saturated carbocycles. The number of carbonyl (C=O) groups is 2. The van der Waals surface area contributed by atoms with Crippen molar-refractivity contribution in [1.29, 1.82) is 0 Å². The quantitative estimate of drug-likeness (QED) is 0.778. The topological polar surface area (TPSA) is 81.4 Å². The highest BCUT2D eigenvalue weighted by Gasteiger charge is 2.03. The Morgan fingerprint density at radius 1 is 1.22 bits per heavy atom. The summed E-state index contributed by atoms with van der Waals surface area (Å²) in [5.41, 5.74) is 7.14. The molecule has 0 bridgehead atoms. The van der Waals surface area contributed by atoms with Crippen molar-refractivity contribution in [1.82, 2.24) is 5.32 Å². The fourth-order valence-electron chi connectivity index (χ4n) is 1.55. The molecule has 5 nitrogen and oxygen atoms in total. The molecular formula is C13H18N2O3. The van der Waals surface area contributed by atoms with E-state index in [-0.39, 0.29) is 25.5 Å². The number of carbonyl (C=O) groups excluding carboxylic acids is 2. The van der Waals surface area contributed by atoms with Crippen LogP contribution in [0.4, 0.5) is 0 Å². The summed E-state index contributed by atoms with van der Waals surface area (Å²) < 4.78 is 5.47. The maximum atomic E-state index is 11.3. The van der Waals surface area contributed by atoms with Gasteiger partial charge in [0.05, 0.1) is 19.6 Å². The lowest BCUT2D eigenvalue weighted by molar-refractivity contribution is -0.125. The van der Waals surface area contributed by atoms with Gasteiger partial charge in [-0.1, -0.05) is 6.07 Å². The van der Waals surface area contributed by atoms with Gasteiger partial charge >= 0.3 is 0 Å². The van der Waals surface area contributed by atoms with Gasteiger partial charge in [-0.15, -0.1) is 0 Å². The lowest BCUT2D eigenvalue weighted by atomic mass is 10.1. The van der Waals surface area contributed by atoms with Gasteiger partial charge in [-0.3, -0.25) is 9.59 Å². The minimum atomic E-state index is -0.557. The van der Waals surface area contributed by atoms with Gasteiger partial charge in [0.2, 0.25) is 11.8 Å². The van der Waals surface area contributed by atoms with Crippen molar-refractivity contribution in [3.05, 3.63) is 29.3 Å². The van der Waals surface area contributed by atoms with Crippen molar-refractivity contribution in [2.45, 2.75) is 20.3 Å². The summed E-state index contributed by atoms with van der Waals surface area (Å²) in [5, 5.41) is 2.40. The van der Waals surface area contributed by atoms with Crippen LogP contribution in [0, 0.1) is 13.8 Å². The molecule has 1 rings (SSSR count). The second-order valence-electron chi connectivity index (χ2n) is 4.16. The first-order valence-corrected chi connectivity index (χ1v) is 5.73. The van der Waals surface area contributed by atoms with Gasteiger partial charge in [0.25, 0.3) is 0 Å². The van der Waals surface area contributed by atoms with Crippen LogP contribution in [-0.4, -0.2) is 25.0 Å². The molecule has 18 heavy (non-hydrogen) atoms. The largest absolute Gasteiger partial charge is 0.493 e. The minimum absolute atomic E-state index is 0.137. The summed E-state index contributed by atoms with van der Waals surface area (Å²) >= 11 is 0. The summed E-state index contributed by atoms with van der Waals surface area (Å²) in [6.07, 6.45) is 0.195. The van der Waals surface area contributed by atoms with Crippen molar-refractivity contribution >= 4 is 11.8 Å². The normalized spacial score (nSPS) is 9.89. The van der Waals surface area contributed by atoms with E-state index in [2.05, 4.69) is 5.32 Å². The van der Waals surface area contributed by atoms with Crippen LogP contribution in [0.15, 0.2) is 18.2 Å². The number of hydrogen-bond donors (Lipinski definition) is 2. The first-order chi connectivity index (χ1) is 8.47. The highest BCUT2D eigenvalue weighted by molar-refractivity contribution is 5.83. The number of nitrogens with one attached hydrogen (secondary N) is 1. The fourth-order valence-corrected chi connectivity index (χ4v) is 1.55. The molecule has 98 valence electrons. The monoisotopic (exact) mass is 250 g/mol. The Morgan fingerprint density at radius 3 is 2.39 bits per heavy atom. The standard InChI is InChI=1S/C13H18N2O3/c1-9-5-10(2)7-11(6-9)18-4-3-13(17)15-8-12(14)16/h5-7H,3-4,8H2,1-2H3,(H2,14,16)(H,15,17). The van der Waals surface area contributed by atoms with Gasteiger partial charge in [0, 0.05) is 0 Å². The number of ether oxygens (including phenoxy) is 1. The third-order valence-corrected chi connectivity index (χ3v) is 2.25. The molecule has 0 aromatic heterocycles. The van der Waals surface area contributed by atoms with Crippen LogP contribution in [0.1, 0.15) is 17.5 Å². The number of hydrogen-bond acceptors (Lipinski definition) is 3. The zero-order chi connectivity index (χ0) is 13.5. The maximum absolute atomic E-state index is 11.3. The van der Waals surface area contributed by atoms with Crippen LogP contribution in [0.25, 0.3) is 0 Å². The number of aryl methyl sites for hydroxylation is 2. The lowest BCUT2D eigenvalue weighted by Crippen LogP contribution is -2.33. The minimum Gasteiger partial charge on any atom is -0.493 e. The zero-order valence-electron chi connectivity index (χ0n) is 10.7. The van der Waals surface area contributed by atoms with E-state index < -0.39 is 5.91 Å². The van der Waals surface area contributed by atoms with Crippen LogP contribution in [0.3, 0.4) is 0 Å². The van der Waals surface area contributed by atoms with Crippen LogP contribution >= 0.6 is 0 Å². The van der Waals surface area contributed by atoms with E-state index in [1.807, 2.05) is 32.0 Å². The molecule has 0 aliphatic heterocycles. The van der Waals surface area contributed by atoms with Gasteiger partial charge in [0.1, 0.15) is 5.75 Å². The van der Waals surface area contributed by atoms with Crippen molar-refractivity contribution < 1.29 is 14.3 Å². The van der Waals surface area contributed by atoms with Crippen molar-refractivity contribution in [2.24, 2.45) is 5.73 Å². The van der Waals surface area contributed by atoms with Crippen molar-refractivity contribution in [3.8, 4) is 5.75 Å². The molecule has 0 atom stereocenters. The lowest BCUT2D eigenvalue weighted by Gasteiger charge is -2.08. The Balaban J connectivity index is 2.33. The number of nitrogens with two attached hydrogens (primary N) is 1. The van der Waals surface area contributed by atoms with E-state index in [1.165, 1.54) is 0 Å². The number of benzene rings is 1. The van der Waals surface area contributed by atoms with Crippen LogP contribution < -0.4 is 15.8 Å². The molecule has 2 amide bonds. The summed E-state index contributed by atoms with van der Waals surface area (Å²) in [5.74, 6) is -0.0630. The predicted molar refractivity (Wildman–Crippen MR) is 68.2 cm³/mol. The number of amides is 2. The van der Waals surface area contributed by atoms with E-state index in [9.17, 15) is 9.59 Å². The fraction of sp³-hybridized carbons (Fsp3) is 0.385. The van der Waals surface area contributed by atoms with Gasteiger partial charge in [0.15, 0.2) is 0 Å². The van der Waals surface area contributed by atoms with Gasteiger partial charge in [-0.05, 0) is 37.1 Å². The summed E-state index contributed by atoms with van der Waals surface area (Å²) in [6, 6.07) is 5.87. The van der Waals surface area contributed by atoms with Gasteiger partial charge < -0.3 is 15.8 Å². The van der Waals surface area contributed by atoms with Gasteiger partial charge in [-0.2, -0.15) is 0 Å². The SMILES string of the molecule is Cc1cc(C)cc(OCCC(=O)NCC(N)=O)c1. The third-order valence-electron chi connectivity index (χ3n) is 2.25. The first-order valence-electron chi connectivity index (χ1n) is 5.73. The van der Waals surface area contributed by atoms with E-state index in [0.29, 0.717) is 0 Å². The molecule has 0 spiro atoms. The maximum Gasteiger partial charge on any atom is 0.236 e. The molecule has 0 fully saturated rings. The predicted octanol–water partition coefficient (Wildman–Crippen LogP) is 0.674. The summed E-state index contributed by atoms with van der Waals surface area (Å²) in [6.45, 7) is 4.11. The Bertz CT molecular complexity index is 424. The molecule has 1 aromatic carbocycles. The molecule has 0 heterocycles. The highest BCUT2D eigenvalue weighted by Crippen LogP contribution is 2.16. The van der Waals surface area contributed by atoms with E-state index >= 15 is 0 Å². The Kier molecular flexibility index (Phi) is 5.17. The molecule has 0 unspecified atom stereocenters. The van der Waals surface area contributed by atoms with Crippen molar-refractivity contribution in [3.63, 3.8) is 0 Å². The average molecular weight is 250 g/mol.